The minimum absolute atomic E-state index is 0.702. The van der Waals surface area contributed by atoms with Gasteiger partial charge in [-0.15, -0.1) is 5.10 Å². The number of thioether (sulfide) groups is 1. The molecule has 0 aliphatic carbocycles. The molecule has 1 N–H and O–H groups in total. The molecule has 0 radical (unpaired) electrons. The second-order valence-corrected chi connectivity index (χ2v) is 4.66. The van der Waals surface area contributed by atoms with E-state index in [0.29, 0.717) is 6.61 Å². The van der Waals surface area contributed by atoms with Crippen molar-refractivity contribution in [3.8, 4) is 0 Å². The summed E-state index contributed by atoms with van der Waals surface area (Å²) in [5, 5.41) is 15.5. The third-order valence-corrected chi connectivity index (χ3v) is 3.09. The maximum atomic E-state index is 5.46. The van der Waals surface area contributed by atoms with Gasteiger partial charge in [0.15, 0.2) is 0 Å². The average molecular weight is 275 g/mol. The van der Waals surface area contributed by atoms with Crippen molar-refractivity contribution in [2.75, 3.05) is 46.3 Å². The molecule has 1 heterocycles. The Hall–Kier alpha value is -0.700. The number of aromatic nitrogens is 4. The average Bonchev–Trinajstić information content (AvgIpc) is 2.83. The quantitative estimate of drug-likeness (QED) is 0.451. The maximum Gasteiger partial charge on any atom is 0.209 e. The van der Waals surface area contributed by atoms with Crippen molar-refractivity contribution >= 4 is 11.8 Å². The third-order valence-electron chi connectivity index (χ3n) is 2.17. The largest absolute Gasteiger partial charge is 0.385 e. The highest BCUT2D eigenvalue weighted by molar-refractivity contribution is 7.99. The first-order valence-electron chi connectivity index (χ1n) is 5.98. The third kappa shape index (κ3) is 6.29. The summed E-state index contributed by atoms with van der Waals surface area (Å²) in [5.74, 6) is 0.854. The van der Waals surface area contributed by atoms with Gasteiger partial charge in [-0.1, -0.05) is 11.8 Å². The van der Waals surface area contributed by atoms with Crippen LogP contribution in [0.15, 0.2) is 5.16 Å². The Morgan fingerprint density at radius 1 is 1.33 bits per heavy atom. The molecule has 0 aliphatic heterocycles. The van der Waals surface area contributed by atoms with Crippen LogP contribution in [-0.4, -0.2) is 66.5 Å². The molecule has 18 heavy (non-hydrogen) atoms. The number of hydrogen-bond acceptors (Lipinski definition) is 7. The van der Waals surface area contributed by atoms with E-state index in [1.807, 2.05) is 7.05 Å². The van der Waals surface area contributed by atoms with E-state index in [0.717, 1.165) is 43.6 Å². The fourth-order valence-electron chi connectivity index (χ4n) is 1.26. The Morgan fingerprint density at radius 2 is 2.22 bits per heavy atom. The van der Waals surface area contributed by atoms with Crippen LogP contribution in [0.4, 0.5) is 0 Å². The van der Waals surface area contributed by atoms with E-state index in [4.69, 9.17) is 9.47 Å². The standard InChI is InChI=1S/C10H21N5O2S/c1-11-4-5-15-10(12-13-14-15)18-9-8-17-7-3-6-16-2/h11H,3-9H2,1-2H3. The zero-order chi connectivity index (χ0) is 13.1. The first-order chi connectivity index (χ1) is 8.88. The van der Waals surface area contributed by atoms with Gasteiger partial charge in [0.05, 0.1) is 13.2 Å². The Balaban J connectivity index is 2.09. The van der Waals surface area contributed by atoms with Gasteiger partial charge in [-0.3, -0.25) is 0 Å². The Kier molecular flexibility index (Phi) is 8.74. The molecular formula is C10H21N5O2S. The molecule has 0 aliphatic rings. The number of tetrazole rings is 1. The van der Waals surface area contributed by atoms with Gasteiger partial charge in [-0.2, -0.15) is 0 Å². The highest BCUT2D eigenvalue weighted by atomic mass is 32.2. The van der Waals surface area contributed by atoms with Gasteiger partial charge in [-0.05, 0) is 23.9 Å². The van der Waals surface area contributed by atoms with Crippen LogP contribution in [0.1, 0.15) is 6.42 Å². The van der Waals surface area contributed by atoms with E-state index in [-0.39, 0.29) is 0 Å². The zero-order valence-electron chi connectivity index (χ0n) is 11.0. The van der Waals surface area contributed by atoms with Crippen LogP contribution in [0.5, 0.6) is 0 Å². The summed E-state index contributed by atoms with van der Waals surface area (Å²) < 4.78 is 12.2. The molecule has 8 heteroatoms. The number of rotatable bonds is 11. The molecule has 0 amide bonds. The minimum Gasteiger partial charge on any atom is -0.385 e. The highest BCUT2D eigenvalue weighted by Crippen LogP contribution is 2.12. The molecule has 0 saturated heterocycles. The van der Waals surface area contributed by atoms with E-state index in [1.54, 1.807) is 23.6 Å². The molecule has 1 aromatic rings. The first-order valence-corrected chi connectivity index (χ1v) is 6.97. The van der Waals surface area contributed by atoms with Gasteiger partial charge in [0, 0.05) is 32.6 Å². The molecule has 0 aromatic carbocycles. The zero-order valence-corrected chi connectivity index (χ0v) is 11.8. The lowest BCUT2D eigenvalue weighted by Crippen LogP contribution is -2.16. The van der Waals surface area contributed by atoms with Gasteiger partial charge in [0.2, 0.25) is 5.16 Å². The van der Waals surface area contributed by atoms with Crippen LogP contribution < -0.4 is 5.32 Å². The summed E-state index contributed by atoms with van der Waals surface area (Å²) in [6, 6.07) is 0. The lowest BCUT2D eigenvalue weighted by Gasteiger charge is -2.04. The summed E-state index contributed by atoms with van der Waals surface area (Å²) in [7, 11) is 3.60. The van der Waals surface area contributed by atoms with Gasteiger partial charge in [-0.25, -0.2) is 4.68 Å². The normalized spacial score (nSPS) is 11.0. The number of nitrogens with zero attached hydrogens (tertiary/aromatic N) is 4. The molecule has 1 rings (SSSR count). The molecule has 0 saturated carbocycles. The van der Waals surface area contributed by atoms with E-state index in [2.05, 4.69) is 20.8 Å². The molecule has 0 unspecified atom stereocenters. The Morgan fingerprint density at radius 3 is 3.00 bits per heavy atom. The van der Waals surface area contributed by atoms with Crippen molar-refractivity contribution in [3.05, 3.63) is 0 Å². The number of ether oxygens (including phenoxy) is 2. The van der Waals surface area contributed by atoms with E-state index < -0.39 is 0 Å². The number of methoxy groups -OCH3 is 1. The number of hydrogen-bond donors (Lipinski definition) is 1. The van der Waals surface area contributed by atoms with Crippen molar-refractivity contribution in [1.29, 1.82) is 0 Å². The second-order valence-electron chi connectivity index (χ2n) is 3.60. The molecule has 1 aromatic heterocycles. The van der Waals surface area contributed by atoms with Gasteiger partial charge < -0.3 is 14.8 Å². The highest BCUT2D eigenvalue weighted by Gasteiger charge is 2.05. The SMILES string of the molecule is CNCCn1nnnc1SCCOCCCOC. The first kappa shape index (κ1) is 15.4. The van der Waals surface area contributed by atoms with Crippen LogP contribution >= 0.6 is 11.8 Å². The maximum absolute atomic E-state index is 5.46. The van der Waals surface area contributed by atoms with Gasteiger partial charge in [0.25, 0.3) is 0 Å². The van der Waals surface area contributed by atoms with E-state index in [1.165, 1.54) is 0 Å². The monoisotopic (exact) mass is 275 g/mol. The second kappa shape index (κ2) is 10.2. The summed E-state index contributed by atoms with van der Waals surface area (Å²) in [6.07, 6.45) is 0.932. The predicted octanol–water partition coefficient (Wildman–Crippen LogP) is 0.0377. The Bertz CT molecular complexity index is 310. The summed E-state index contributed by atoms with van der Waals surface area (Å²) in [5.41, 5.74) is 0. The van der Waals surface area contributed by atoms with Crippen LogP contribution in [0.3, 0.4) is 0 Å². The fraction of sp³-hybridized carbons (Fsp3) is 0.900. The summed E-state index contributed by atoms with van der Waals surface area (Å²) in [4.78, 5) is 0. The van der Waals surface area contributed by atoms with Crippen LogP contribution in [0.2, 0.25) is 0 Å². The van der Waals surface area contributed by atoms with Crippen molar-refractivity contribution in [3.63, 3.8) is 0 Å². The number of likely N-dealkylation sites (N-methyl/N-ethyl adjacent to an activating group) is 1. The van der Waals surface area contributed by atoms with Crippen LogP contribution in [0.25, 0.3) is 0 Å². The van der Waals surface area contributed by atoms with E-state index >= 15 is 0 Å². The summed E-state index contributed by atoms with van der Waals surface area (Å²) >= 11 is 1.61. The van der Waals surface area contributed by atoms with Crippen LogP contribution in [-0.2, 0) is 16.0 Å². The number of nitrogens with one attached hydrogen (secondary N) is 1. The lowest BCUT2D eigenvalue weighted by molar-refractivity contribution is 0.113. The van der Waals surface area contributed by atoms with Crippen molar-refractivity contribution in [1.82, 2.24) is 25.5 Å². The summed E-state index contributed by atoms with van der Waals surface area (Å²) in [6.45, 7) is 3.81. The molecular weight excluding hydrogens is 254 g/mol. The molecule has 0 fully saturated rings. The van der Waals surface area contributed by atoms with E-state index in [9.17, 15) is 0 Å². The van der Waals surface area contributed by atoms with Crippen molar-refractivity contribution in [2.24, 2.45) is 0 Å². The van der Waals surface area contributed by atoms with Gasteiger partial charge >= 0.3 is 0 Å². The lowest BCUT2D eigenvalue weighted by atomic mass is 10.5. The Labute approximate surface area is 112 Å². The molecule has 0 atom stereocenters. The predicted molar refractivity (Wildman–Crippen MR) is 69.8 cm³/mol. The fourth-order valence-corrected chi connectivity index (χ4v) is 2.01. The molecule has 0 bridgehead atoms. The van der Waals surface area contributed by atoms with Crippen molar-refractivity contribution < 1.29 is 9.47 Å². The molecule has 7 nitrogen and oxygen atoms in total. The van der Waals surface area contributed by atoms with Crippen molar-refractivity contribution in [2.45, 2.75) is 18.1 Å². The smallest absolute Gasteiger partial charge is 0.209 e. The van der Waals surface area contributed by atoms with Crippen LogP contribution in [0, 0.1) is 0 Å². The van der Waals surface area contributed by atoms with Gasteiger partial charge in [0.1, 0.15) is 0 Å². The molecule has 0 spiro atoms. The topological polar surface area (TPSA) is 74.1 Å². The molecule has 104 valence electrons. The minimum atomic E-state index is 0.702.